The molecule has 0 aromatic heterocycles. The van der Waals surface area contributed by atoms with Gasteiger partial charge in [-0.05, 0) is 23.8 Å². The van der Waals surface area contributed by atoms with E-state index in [9.17, 15) is 0 Å². The lowest BCUT2D eigenvalue weighted by atomic mass is 10.1. The van der Waals surface area contributed by atoms with Crippen molar-refractivity contribution in [3.63, 3.8) is 0 Å². The van der Waals surface area contributed by atoms with Gasteiger partial charge in [-0.15, -0.1) is 0 Å². The van der Waals surface area contributed by atoms with Gasteiger partial charge < -0.3 is 10.1 Å². The molecule has 0 amide bonds. The Morgan fingerprint density at radius 2 is 1.88 bits per heavy atom. The fourth-order valence-electron chi connectivity index (χ4n) is 2.03. The summed E-state index contributed by atoms with van der Waals surface area (Å²) in [5, 5.41) is 4.94. The molecule has 0 radical (unpaired) electrons. The molecule has 2 nitrogen and oxygen atoms in total. The molecule has 0 unspecified atom stereocenters. The third-order valence-electron chi connectivity index (χ3n) is 3.00. The van der Waals surface area contributed by atoms with E-state index in [1.807, 2.05) is 0 Å². The number of ether oxygens (including phenoxy) is 1. The fourth-order valence-corrected chi connectivity index (χ4v) is 2.03. The summed E-state index contributed by atoms with van der Waals surface area (Å²) in [6.07, 6.45) is 0. The number of quaternary nitrogens is 1. The van der Waals surface area contributed by atoms with Gasteiger partial charge in [-0.2, -0.15) is 0 Å². The Labute approximate surface area is 103 Å². The lowest BCUT2D eigenvalue weighted by Crippen LogP contribution is -2.88. The monoisotopic (exact) mass is 230 g/mol. The van der Waals surface area contributed by atoms with E-state index < -0.39 is 0 Å². The zero-order valence-corrected chi connectivity index (χ0v) is 10.5. The maximum Gasteiger partial charge on any atom is 0.107 e. The number of methoxy groups -OCH3 is 1. The molecule has 0 fully saturated rings. The lowest BCUT2D eigenvalue weighted by molar-refractivity contribution is -0.702. The number of benzene rings is 2. The van der Waals surface area contributed by atoms with Gasteiger partial charge in [0.2, 0.25) is 0 Å². The fraction of sp³-hybridized carbons (Fsp3) is 0.333. The summed E-state index contributed by atoms with van der Waals surface area (Å²) < 4.78 is 5.13. The largest absolute Gasteiger partial charge is 0.379 e. The highest BCUT2D eigenvalue weighted by Crippen LogP contribution is 2.14. The van der Waals surface area contributed by atoms with E-state index in [-0.39, 0.29) is 0 Å². The van der Waals surface area contributed by atoms with Crippen molar-refractivity contribution in [2.24, 2.45) is 0 Å². The number of fused-ring (bicyclic) bond motifs is 1. The van der Waals surface area contributed by atoms with E-state index in [0.29, 0.717) is 6.04 Å². The van der Waals surface area contributed by atoms with Crippen molar-refractivity contribution >= 4 is 10.8 Å². The SMILES string of the molecule is COC[C@@H](C)[NH2+]Cc1ccc2ccccc2c1. The van der Waals surface area contributed by atoms with E-state index in [1.165, 1.54) is 16.3 Å². The third kappa shape index (κ3) is 3.29. The molecule has 0 aliphatic heterocycles. The van der Waals surface area contributed by atoms with Gasteiger partial charge in [0.15, 0.2) is 0 Å². The van der Waals surface area contributed by atoms with Crippen LogP contribution in [0, 0.1) is 0 Å². The topological polar surface area (TPSA) is 25.8 Å². The number of nitrogens with two attached hydrogens (primary N) is 1. The quantitative estimate of drug-likeness (QED) is 0.834. The third-order valence-corrected chi connectivity index (χ3v) is 3.00. The minimum atomic E-state index is 0.506. The molecule has 2 aromatic carbocycles. The van der Waals surface area contributed by atoms with Crippen LogP contribution in [0.5, 0.6) is 0 Å². The van der Waals surface area contributed by atoms with Crippen molar-refractivity contribution in [1.82, 2.24) is 0 Å². The first-order chi connectivity index (χ1) is 8.29. The van der Waals surface area contributed by atoms with E-state index in [4.69, 9.17) is 4.74 Å². The van der Waals surface area contributed by atoms with Gasteiger partial charge in [0, 0.05) is 12.7 Å². The highest BCUT2D eigenvalue weighted by atomic mass is 16.5. The first-order valence-electron chi connectivity index (χ1n) is 6.09. The van der Waals surface area contributed by atoms with Crippen LogP contribution in [0.15, 0.2) is 42.5 Å². The van der Waals surface area contributed by atoms with E-state index in [1.54, 1.807) is 7.11 Å². The van der Waals surface area contributed by atoms with Crippen molar-refractivity contribution in [2.75, 3.05) is 13.7 Å². The molecule has 0 bridgehead atoms. The molecule has 2 heteroatoms. The highest BCUT2D eigenvalue weighted by Gasteiger charge is 2.04. The zero-order valence-electron chi connectivity index (χ0n) is 10.5. The number of hydrogen-bond donors (Lipinski definition) is 1. The summed E-state index contributed by atoms with van der Waals surface area (Å²) in [6, 6.07) is 15.7. The second kappa shape index (κ2) is 5.80. The smallest absolute Gasteiger partial charge is 0.107 e. The van der Waals surface area contributed by atoms with Crippen LogP contribution < -0.4 is 5.32 Å². The summed E-state index contributed by atoms with van der Waals surface area (Å²) in [5.41, 5.74) is 1.37. The van der Waals surface area contributed by atoms with Gasteiger partial charge in [0.05, 0.1) is 6.61 Å². The van der Waals surface area contributed by atoms with Gasteiger partial charge in [-0.25, -0.2) is 0 Å². The molecule has 0 saturated heterocycles. The molecular formula is C15H20NO+. The first kappa shape index (κ1) is 12.1. The predicted molar refractivity (Wildman–Crippen MR) is 70.9 cm³/mol. The number of rotatable bonds is 5. The highest BCUT2D eigenvalue weighted by molar-refractivity contribution is 5.82. The molecule has 0 aliphatic rings. The van der Waals surface area contributed by atoms with E-state index in [0.717, 1.165) is 13.2 Å². The maximum atomic E-state index is 5.13. The standard InChI is InChI=1S/C15H19NO/c1-12(11-17-2)16-10-13-7-8-14-5-3-4-6-15(14)9-13/h3-9,12,16H,10-11H2,1-2H3/p+1/t12-/m1/s1. The van der Waals surface area contributed by atoms with Crippen molar-refractivity contribution in [3.05, 3.63) is 48.0 Å². The average Bonchev–Trinajstić information content (AvgIpc) is 2.36. The van der Waals surface area contributed by atoms with Crippen LogP contribution in [-0.4, -0.2) is 19.8 Å². The van der Waals surface area contributed by atoms with Crippen LogP contribution in [-0.2, 0) is 11.3 Å². The van der Waals surface area contributed by atoms with Gasteiger partial charge in [0.1, 0.15) is 12.6 Å². The maximum absolute atomic E-state index is 5.13. The molecule has 90 valence electrons. The van der Waals surface area contributed by atoms with Crippen LogP contribution in [0.3, 0.4) is 0 Å². The van der Waals surface area contributed by atoms with E-state index >= 15 is 0 Å². The first-order valence-corrected chi connectivity index (χ1v) is 6.09. The average molecular weight is 230 g/mol. The van der Waals surface area contributed by atoms with Crippen molar-refractivity contribution in [3.8, 4) is 0 Å². The van der Waals surface area contributed by atoms with Crippen molar-refractivity contribution in [1.29, 1.82) is 0 Å². The predicted octanol–water partition coefficient (Wildman–Crippen LogP) is 1.94. The Morgan fingerprint density at radius 1 is 1.12 bits per heavy atom. The van der Waals surface area contributed by atoms with Crippen LogP contribution in [0.2, 0.25) is 0 Å². The molecule has 17 heavy (non-hydrogen) atoms. The molecule has 1 atom stereocenters. The summed E-state index contributed by atoms with van der Waals surface area (Å²) in [7, 11) is 1.75. The van der Waals surface area contributed by atoms with Crippen LogP contribution in [0.4, 0.5) is 0 Å². The summed E-state index contributed by atoms with van der Waals surface area (Å²) in [6.45, 7) is 3.99. The van der Waals surface area contributed by atoms with Crippen LogP contribution in [0.25, 0.3) is 10.8 Å². The molecular weight excluding hydrogens is 210 g/mol. The zero-order chi connectivity index (χ0) is 12.1. The van der Waals surface area contributed by atoms with Gasteiger partial charge >= 0.3 is 0 Å². The lowest BCUT2D eigenvalue weighted by Gasteiger charge is -2.09. The minimum Gasteiger partial charge on any atom is -0.379 e. The van der Waals surface area contributed by atoms with Gasteiger partial charge in [-0.3, -0.25) is 0 Å². The Bertz CT molecular complexity index is 481. The van der Waals surface area contributed by atoms with Crippen LogP contribution in [0.1, 0.15) is 12.5 Å². The Kier molecular flexibility index (Phi) is 4.13. The Hall–Kier alpha value is -1.38. The molecule has 0 saturated carbocycles. The van der Waals surface area contributed by atoms with E-state index in [2.05, 4.69) is 54.7 Å². The molecule has 0 aliphatic carbocycles. The summed E-state index contributed by atoms with van der Waals surface area (Å²) in [4.78, 5) is 0. The second-order valence-electron chi connectivity index (χ2n) is 4.55. The Balaban J connectivity index is 2.04. The molecule has 0 heterocycles. The van der Waals surface area contributed by atoms with Crippen molar-refractivity contribution in [2.45, 2.75) is 19.5 Å². The molecule has 0 spiro atoms. The van der Waals surface area contributed by atoms with Gasteiger partial charge in [-0.1, -0.05) is 36.4 Å². The molecule has 2 rings (SSSR count). The normalized spacial score (nSPS) is 12.8. The molecule has 2 aromatic rings. The number of hydrogen-bond acceptors (Lipinski definition) is 1. The minimum absolute atomic E-state index is 0.506. The van der Waals surface area contributed by atoms with Crippen molar-refractivity contribution < 1.29 is 10.1 Å². The second-order valence-corrected chi connectivity index (χ2v) is 4.55. The van der Waals surface area contributed by atoms with Gasteiger partial charge in [0.25, 0.3) is 0 Å². The summed E-state index contributed by atoms with van der Waals surface area (Å²) >= 11 is 0. The summed E-state index contributed by atoms with van der Waals surface area (Å²) in [5.74, 6) is 0. The van der Waals surface area contributed by atoms with Crippen LogP contribution >= 0.6 is 0 Å². The molecule has 2 N–H and O–H groups in total. The Morgan fingerprint density at radius 3 is 2.65 bits per heavy atom.